The molecule has 0 spiro atoms. The first-order valence-corrected chi connectivity index (χ1v) is 52.9. The molecule has 0 N–H and O–H groups in total. The van der Waals surface area contributed by atoms with Crippen LogP contribution in [0.15, 0.2) is 235 Å². The van der Waals surface area contributed by atoms with Crippen LogP contribution in [0.5, 0.6) is 0 Å². The maximum absolute atomic E-state index is 15.9. The summed E-state index contributed by atoms with van der Waals surface area (Å²) in [5.41, 5.74) is -4.18. The van der Waals surface area contributed by atoms with Crippen molar-refractivity contribution in [2.75, 3.05) is 0 Å². The topological polar surface area (TPSA) is 252 Å². The van der Waals surface area contributed by atoms with Crippen molar-refractivity contribution in [3.63, 3.8) is 0 Å². The van der Waals surface area contributed by atoms with Gasteiger partial charge < -0.3 is 0 Å². The van der Waals surface area contributed by atoms with E-state index in [9.17, 15) is 52.7 Å². The number of halogens is 24. The van der Waals surface area contributed by atoms with Crippen LogP contribution in [0, 0.1) is 140 Å². The first-order valence-electron chi connectivity index (χ1n) is 42.5. The Kier molecular flexibility index (Phi) is 18.8. The average Bonchev–Trinajstić information content (AvgIpc) is 1.55. The monoisotopic (exact) mass is 2590 g/mol. The van der Waals surface area contributed by atoms with E-state index in [0.717, 1.165) is 146 Å². The summed E-state index contributed by atoms with van der Waals surface area (Å²) in [7, 11) is 0. The second kappa shape index (κ2) is 31.2. The van der Waals surface area contributed by atoms with Crippen molar-refractivity contribution in [1.29, 1.82) is 0 Å². The number of rotatable bonds is 0. The van der Waals surface area contributed by atoms with Crippen LogP contribution in [-0.2, 0) is 0 Å². The number of hydrogen-bond donors (Lipinski definition) is 0. The third-order valence-electron chi connectivity index (χ3n) is 25.5. The molecule has 0 fully saturated rings. The first-order chi connectivity index (χ1) is 70.7. The van der Waals surface area contributed by atoms with Crippen LogP contribution in [0.2, 0.25) is 0 Å². The van der Waals surface area contributed by atoms with E-state index in [1.165, 1.54) is 9.51 Å². The summed E-state index contributed by atoms with van der Waals surface area (Å²) in [6.45, 7) is 0. The molecule has 12 aromatic carbocycles. The van der Waals surface area contributed by atoms with Gasteiger partial charge in [0.1, 0.15) is 0 Å². The Bertz CT molecular complexity index is 10000. The van der Waals surface area contributed by atoms with Crippen molar-refractivity contribution in [2.45, 2.75) is 0 Å². The zero-order valence-electron chi connectivity index (χ0n) is 71.2. The first kappa shape index (κ1) is 88.5. The van der Waals surface area contributed by atoms with Crippen LogP contribution in [-0.4, -0.2) is 159 Å². The molecule has 18 aromatic rings. The van der Waals surface area contributed by atoms with Crippen LogP contribution in [0.4, 0.5) is 140 Å². The van der Waals surface area contributed by atoms with Gasteiger partial charge in [-0.15, -0.1) is 0 Å². The number of amidine groups is 12. The van der Waals surface area contributed by atoms with Gasteiger partial charge in [0, 0.05) is 0 Å². The Labute approximate surface area is 832 Å². The van der Waals surface area contributed by atoms with Crippen LogP contribution < -0.4 is 32.9 Å². The van der Waals surface area contributed by atoms with Gasteiger partial charge in [-0.3, -0.25) is 0 Å². The summed E-state index contributed by atoms with van der Waals surface area (Å²) in [5, 5.41) is -1.75. The van der Waals surface area contributed by atoms with Gasteiger partial charge in [-0.25, -0.2) is 0 Å². The summed E-state index contributed by atoms with van der Waals surface area (Å²) in [6, 6.07) is 20.4. The second-order valence-corrected chi connectivity index (χ2v) is 46.4. The molecule has 18 bridgehead atoms. The van der Waals surface area contributed by atoms with Gasteiger partial charge in [-0.05, 0) is 0 Å². The molecule has 0 aliphatic carbocycles. The fourth-order valence-electron chi connectivity index (χ4n) is 19.1. The molecule has 0 amide bonds. The summed E-state index contributed by atoms with van der Waals surface area (Å²) in [4.78, 5) is 80.7. The molecule has 0 atom stereocenters. The van der Waals surface area contributed by atoms with Gasteiger partial charge in [0.15, 0.2) is 0 Å². The minimum atomic E-state index is -3.24. The van der Waals surface area contributed by atoms with E-state index in [2.05, 4.69) is 89.9 Å². The van der Waals surface area contributed by atoms with Gasteiger partial charge in [0.05, 0.1) is 0 Å². The molecule has 30 rings (SSSR count). The SMILES string of the molecule is Fc1cc2c(cc1F)C1=Nc3c4cc(F)c(F)cc4c4[n]3[Pb][n]3c(c5cc(F)c(F)cc5c3=NC3=NC(=N4)c4cc(F)c(F)cc43)=NC2=N1.Fc1cc2c3[n]4c(c2cc1F)N=C1N=C(N=c2c5cc(F)c(F)cc5c([n]2[Pb]4)=NC2=NC(=N3)c3c(F)ccc(F)c32)c2c(F)ccc(F)c21.Fc1ccc(F)c2c1C1=NC2=Nc2c3c(F)ccc(F)c3c3[n]2[Pb][n]2c(c4c(F)ccc(F)c4c2=NC2=NC(=N3)c3c(F)ccc(F)c32)=N1. The average molecular weight is 2590 g/mol. The normalized spacial score (nSPS) is 15.3. The molecule has 12 aliphatic heterocycles. The zero-order chi connectivity index (χ0) is 101. The van der Waals surface area contributed by atoms with Gasteiger partial charge >= 0.3 is 838 Å². The van der Waals surface area contributed by atoms with Gasteiger partial charge in [0.25, 0.3) is 0 Å². The maximum atomic E-state index is 15.9. The predicted octanol–water partition coefficient (Wildman–Crippen LogP) is 16.7. The van der Waals surface area contributed by atoms with Gasteiger partial charge in [0.2, 0.25) is 0 Å². The van der Waals surface area contributed by atoms with Crippen molar-refractivity contribution >= 4 is 244 Å². The fraction of sp³-hybridized carbons (Fsp3) is 0. The Morgan fingerprint density at radius 2 is 0.299 bits per heavy atom. The third kappa shape index (κ3) is 12.6. The number of hydrogen-bond acceptors (Lipinski definition) is 18. The van der Waals surface area contributed by atoms with E-state index < -0.39 is 281 Å². The Hall–Kier alpha value is -16.2. The molecule has 0 unspecified atom stereocenters. The van der Waals surface area contributed by atoms with Crippen LogP contribution in [0.25, 0.3) is 64.6 Å². The Balaban J connectivity index is 0.000000107. The molecule has 0 saturated heterocycles. The van der Waals surface area contributed by atoms with E-state index in [-0.39, 0.29) is 202 Å². The molecular formula is C96H24F24N24Pb3. The van der Waals surface area contributed by atoms with Crippen molar-refractivity contribution in [2.24, 2.45) is 89.9 Å². The zero-order valence-corrected chi connectivity index (χ0v) is 82.8. The molecule has 24 nitrogen and oxygen atoms in total. The summed E-state index contributed by atoms with van der Waals surface area (Å²) in [5.74, 6) is -31.3. The van der Waals surface area contributed by atoms with Gasteiger partial charge in [-0.2, -0.15) is 0 Å². The van der Waals surface area contributed by atoms with E-state index in [1.807, 2.05) is 0 Å². The standard InChI is InChI=1S/3C32H8F8N8.3Pb/c33-17-1-9-10(2-18(17)34)26-41-25(9)45-27-11-3-19(35)20(36)4-12(11)29(42-27)47-31-15-7-23(39)24(40)8-16(15)32(44-31)48-30-14-6-22(38)21(37)5-13(14)28(43-30)46-26;33-13-1-2-14(34)22-21(13)29-43-25-9-5-17(37)18(38)6-10(9)27(41-25)45-31-23-15(35)3-4-16(36)24(23)32(48-31)46-28-12-8-20(40)19(39)7-11(12)26(42-28)44-30(22)47-29;33-9-1-2-10(34)18-17(9)25-41-26(18)46-28-21-13(37)5-6-14(38)22(21)30(43-28)48-32-24-16(40)8-7-15(39)23(24)31(44-32)47-29-20-12(36)4-3-11(35)19(20)27(42-29)45-25;;;/h3*1-8H;;;/q3*-2;3*+2. The van der Waals surface area contributed by atoms with Crippen molar-refractivity contribution in [1.82, 2.24) is 14.3 Å². The van der Waals surface area contributed by atoms with E-state index in [1.54, 1.807) is 4.75 Å². The molecule has 708 valence electrons. The predicted molar refractivity (Wildman–Crippen MR) is 482 cm³/mol. The molecule has 0 saturated carbocycles. The van der Waals surface area contributed by atoms with Gasteiger partial charge in [-0.1, -0.05) is 0 Å². The second-order valence-electron chi connectivity index (χ2n) is 33.6. The number of aromatic nitrogens is 6. The molecule has 6 aromatic heterocycles. The van der Waals surface area contributed by atoms with E-state index in [0.29, 0.717) is 0 Å². The van der Waals surface area contributed by atoms with E-state index >= 15 is 52.7 Å². The molecule has 147 heavy (non-hydrogen) atoms. The Morgan fingerprint density at radius 1 is 0.136 bits per heavy atom. The van der Waals surface area contributed by atoms with Crippen molar-refractivity contribution in [3.8, 4) is 0 Å². The molecule has 51 heteroatoms. The van der Waals surface area contributed by atoms with Crippen molar-refractivity contribution < 1.29 is 105 Å². The summed E-state index contributed by atoms with van der Waals surface area (Å²) < 4.78 is 374. The number of fused-ring (bicyclic) bond motifs is 42. The fourth-order valence-corrected chi connectivity index (χ4v) is 33.7. The molecule has 6 radical (unpaired) electrons. The van der Waals surface area contributed by atoms with Crippen LogP contribution in [0.1, 0.15) is 66.8 Å². The number of benzene rings is 12. The van der Waals surface area contributed by atoms with Crippen LogP contribution >= 0.6 is 0 Å². The molecule has 18 heterocycles. The summed E-state index contributed by atoms with van der Waals surface area (Å²) in [6.07, 6.45) is 0. The van der Waals surface area contributed by atoms with Crippen LogP contribution in [0.3, 0.4) is 0 Å². The van der Waals surface area contributed by atoms with Crippen molar-refractivity contribution in [3.05, 3.63) is 385 Å². The van der Waals surface area contributed by atoms with E-state index in [4.69, 9.17) is 0 Å². The number of nitrogens with zero attached hydrogens (tertiary/aromatic N) is 24. The quantitative estimate of drug-likeness (QED) is 0.101. The minimum absolute atomic E-state index is 0.00512. The molecule has 12 aliphatic rings. The number of aliphatic imine (C=N–C) groups is 12. The molecular weight excluding hydrogens is 2570 g/mol. The Morgan fingerprint density at radius 3 is 0.551 bits per heavy atom. The summed E-state index contributed by atoms with van der Waals surface area (Å²) >= 11 is -9.23. The third-order valence-corrected chi connectivity index (χ3v) is 40.1.